The van der Waals surface area contributed by atoms with Crippen LogP contribution in [0.5, 0.6) is 11.5 Å². The number of hydrogen-bond donors (Lipinski definition) is 2. The van der Waals surface area contributed by atoms with Gasteiger partial charge in [0.1, 0.15) is 24.7 Å². The van der Waals surface area contributed by atoms with Crippen LogP contribution in [0.15, 0.2) is 78.9 Å². The van der Waals surface area contributed by atoms with Gasteiger partial charge < -0.3 is 20.1 Å². The lowest BCUT2D eigenvalue weighted by molar-refractivity contribution is 0.0962. The predicted octanol–water partition coefficient (Wildman–Crippen LogP) is 3.76. The highest BCUT2D eigenvalue weighted by molar-refractivity contribution is 6.04. The van der Waals surface area contributed by atoms with Crippen molar-refractivity contribution in [2.75, 3.05) is 25.6 Å². The van der Waals surface area contributed by atoms with Crippen molar-refractivity contribution in [2.45, 2.75) is 0 Å². The first-order valence-electron chi connectivity index (χ1n) is 9.20. The summed E-state index contributed by atoms with van der Waals surface area (Å²) in [6.45, 7) is 0.763. The number of benzene rings is 3. The summed E-state index contributed by atoms with van der Waals surface area (Å²) in [4.78, 5) is 24.1. The van der Waals surface area contributed by atoms with Crippen LogP contribution in [0.3, 0.4) is 0 Å². The maximum atomic E-state index is 12.5. The van der Waals surface area contributed by atoms with E-state index in [9.17, 15) is 9.59 Å². The lowest BCUT2D eigenvalue weighted by atomic mass is 10.1. The van der Waals surface area contributed by atoms with Crippen LogP contribution in [0.4, 0.5) is 5.69 Å². The van der Waals surface area contributed by atoms with Crippen molar-refractivity contribution in [1.29, 1.82) is 0 Å². The summed E-state index contributed by atoms with van der Waals surface area (Å²) in [6.07, 6.45) is 0. The zero-order valence-electron chi connectivity index (χ0n) is 16.1. The van der Waals surface area contributed by atoms with Crippen molar-refractivity contribution >= 4 is 17.5 Å². The van der Waals surface area contributed by atoms with Crippen LogP contribution >= 0.6 is 0 Å². The van der Waals surface area contributed by atoms with Gasteiger partial charge in [0.2, 0.25) is 0 Å². The fourth-order valence-corrected chi connectivity index (χ4v) is 2.62. The van der Waals surface area contributed by atoms with Gasteiger partial charge in [0.15, 0.2) is 0 Å². The van der Waals surface area contributed by atoms with E-state index in [0.717, 1.165) is 5.75 Å². The van der Waals surface area contributed by atoms with Gasteiger partial charge in [-0.15, -0.1) is 0 Å². The third-order valence-electron chi connectivity index (χ3n) is 4.09. The Kier molecular flexibility index (Phi) is 6.84. The summed E-state index contributed by atoms with van der Waals surface area (Å²) < 4.78 is 11.3. The molecule has 0 atom stereocenters. The van der Waals surface area contributed by atoms with E-state index in [1.807, 2.05) is 30.3 Å². The maximum Gasteiger partial charge on any atom is 0.255 e. The van der Waals surface area contributed by atoms with Gasteiger partial charge in [-0.05, 0) is 54.6 Å². The molecule has 0 aliphatic heterocycles. The molecule has 0 spiro atoms. The Hall–Kier alpha value is -3.80. The molecule has 6 heteroatoms. The minimum Gasteiger partial charge on any atom is -0.490 e. The number of amides is 2. The Labute approximate surface area is 169 Å². The molecule has 0 aromatic heterocycles. The smallest absolute Gasteiger partial charge is 0.255 e. The number of para-hydroxylation sites is 1. The van der Waals surface area contributed by atoms with Gasteiger partial charge in [-0.1, -0.05) is 24.3 Å². The Morgan fingerprint density at radius 2 is 1.38 bits per heavy atom. The topological polar surface area (TPSA) is 76.7 Å². The van der Waals surface area contributed by atoms with Gasteiger partial charge in [-0.2, -0.15) is 0 Å². The van der Waals surface area contributed by atoms with Gasteiger partial charge in [0, 0.05) is 23.9 Å². The molecule has 148 valence electrons. The van der Waals surface area contributed by atoms with Crippen LogP contribution < -0.4 is 20.1 Å². The molecule has 0 fully saturated rings. The Bertz CT molecular complexity index is 956. The van der Waals surface area contributed by atoms with Gasteiger partial charge in [-0.25, -0.2) is 0 Å². The Morgan fingerprint density at radius 1 is 0.724 bits per heavy atom. The predicted molar refractivity (Wildman–Crippen MR) is 112 cm³/mol. The molecule has 0 bridgehead atoms. The van der Waals surface area contributed by atoms with Gasteiger partial charge in [0.05, 0.1) is 0 Å². The number of carbonyl (C=O) groups is 2. The molecular formula is C23H22N2O4. The van der Waals surface area contributed by atoms with Crippen molar-refractivity contribution < 1.29 is 19.1 Å². The SMILES string of the molecule is CNC(=O)c1ccc(NC(=O)c2cccc(OCCOc3ccccc3)c2)cc1. The second-order valence-electron chi connectivity index (χ2n) is 6.15. The molecule has 0 saturated carbocycles. The van der Waals surface area contributed by atoms with E-state index in [4.69, 9.17) is 9.47 Å². The number of ether oxygens (including phenoxy) is 2. The lowest BCUT2D eigenvalue weighted by Crippen LogP contribution is -2.18. The van der Waals surface area contributed by atoms with Crippen LogP contribution in [-0.2, 0) is 0 Å². The minimum atomic E-state index is -0.260. The van der Waals surface area contributed by atoms with Crippen LogP contribution in [-0.4, -0.2) is 32.1 Å². The zero-order chi connectivity index (χ0) is 20.5. The summed E-state index contributed by atoms with van der Waals surface area (Å²) in [5, 5.41) is 5.36. The van der Waals surface area contributed by atoms with E-state index >= 15 is 0 Å². The monoisotopic (exact) mass is 390 g/mol. The van der Waals surface area contributed by atoms with Gasteiger partial charge >= 0.3 is 0 Å². The van der Waals surface area contributed by atoms with E-state index in [1.54, 1.807) is 55.6 Å². The second-order valence-corrected chi connectivity index (χ2v) is 6.15. The molecule has 0 saturated heterocycles. The highest BCUT2D eigenvalue weighted by atomic mass is 16.5. The van der Waals surface area contributed by atoms with Gasteiger partial charge in [-0.3, -0.25) is 9.59 Å². The van der Waals surface area contributed by atoms with E-state index in [2.05, 4.69) is 10.6 Å². The first-order valence-corrected chi connectivity index (χ1v) is 9.20. The molecule has 2 N–H and O–H groups in total. The summed E-state index contributed by atoms with van der Waals surface area (Å²) >= 11 is 0. The molecule has 6 nitrogen and oxygen atoms in total. The second kappa shape index (κ2) is 9.94. The van der Waals surface area contributed by atoms with Crippen molar-refractivity contribution in [3.8, 4) is 11.5 Å². The fraction of sp³-hybridized carbons (Fsp3) is 0.130. The summed E-state index contributed by atoms with van der Waals surface area (Å²) in [6, 6.07) is 23.1. The standard InChI is InChI=1S/C23H22N2O4/c1-24-22(26)17-10-12-19(13-11-17)25-23(27)18-6-5-9-21(16-18)29-15-14-28-20-7-3-2-4-8-20/h2-13,16H,14-15H2,1H3,(H,24,26)(H,25,27). The van der Waals surface area contributed by atoms with E-state index in [1.165, 1.54) is 0 Å². The number of hydrogen-bond acceptors (Lipinski definition) is 4. The molecule has 0 aliphatic rings. The molecular weight excluding hydrogens is 368 g/mol. The molecule has 3 aromatic rings. The van der Waals surface area contributed by atoms with Crippen LogP contribution in [0.1, 0.15) is 20.7 Å². The average molecular weight is 390 g/mol. The highest BCUT2D eigenvalue weighted by Crippen LogP contribution is 2.16. The number of carbonyl (C=O) groups excluding carboxylic acids is 2. The third-order valence-corrected chi connectivity index (χ3v) is 4.09. The van der Waals surface area contributed by atoms with Crippen molar-refractivity contribution in [2.24, 2.45) is 0 Å². The normalized spacial score (nSPS) is 10.1. The van der Waals surface area contributed by atoms with Crippen LogP contribution in [0.2, 0.25) is 0 Å². The molecule has 2 amide bonds. The lowest BCUT2D eigenvalue weighted by Gasteiger charge is -2.10. The summed E-state index contributed by atoms with van der Waals surface area (Å²) in [7, 11) is 1.57. The molecule has 0 heterocycles. The minimum absolute atomic E-state index is 0.177. The molecule has 0 unspecified atom stereocenters. The van der Waals surface area contributed by atoms with Crippen molar-refractivity contribution in [3.05, 3.63) is 90.0 Å². The molecule has 3 rings (SSSR count). The maximum absolute atomic E-state index is 12.5. The number of anilines is 1. The first kappa shape index (κ1) is 19.9. The van der Waals surface area contributed by atoms with Crippen molar-refractivity contribution in [3.63, 3.8) is 0 Å². The first-order chi connectivity index (χ1) is 14.2. The highest BCUT2D eigenvalue weighted by Gasteiger charge is 2.09. The quantitative estimate of drug-likeness (QED) is 0.574. The molecule has 0 aliphatic carbocycles. The number of rotatable bonds is 8. The fourth-order valence-electron chi connectivity index (χ4n) is 2.62. The van der Waals surface area contributed by atoms with E-state index in [0.29, 0.717) is 35.8 Å². The Morgan fingerprint density at radius 3 is 2.07 bits per heavy atom. The summed E-state index contributed by atoms with van der Waals surface area (Å²) in [5.41, 5.74) is 1.60. The molecule has 3 aromatic carbocycles. The molecule has 29 heavy (non-hydrogen) atoms. The third kappa shape index (κ3) is 5.84. The average Bonchev–Trinajstić information content (AvgIpc) is 2.77. The Balaban J connectivity index is 1.52. The van der Waals surface area contributed by atoms with Crippen LogP contribution in [0.25, 0.3) is 0 Å². The van der Waals surface area contributed by atoms with E-state index < -0.39 is 0 Å². The van der Waals surface area contributed by atoms with E-state index in [-0.39, 0.29) is 11.8 Å². The van der Waals surface area contributed by atoms with Crippen LogP contribution in [0, 0.1) is 0 Å². The number of nitrogens with one attached hydrogen (secondary N) is 2. The summed E-state index contributed by atoms with van der Waals surface area (Å²) in [5.74, 6) is 0.934. The molecule has 0 radical (unpaired) electrons. The zero-order valence-corrected chi connectivity index (χ0v) is 16.1. The largest absolute Gasteiger partial charge is 0.490 e. The van der Waals surface area contributed by atoms with Gasteiger partial charge in [0.25, 0.3) is 11.8 Å². The van der Waals surface area contributed by atoms with Crippen molar-refractivity contribution in [1.82, 2.24) is 5.32 Å².